The van der Waals surface area contributed by atoms with Gasteiger partial charge in [0.1, 0.15) is 12.6 Å². The van der Waals surface area contributed by atoms with Crippen molar-refractivity contribution in [2.24, 2.45) is 10.9 Å². The molecule has 0 radical (unpaired) electrons. The van der Waals surface area contributed by atoms with Crippen LogP contribution in [0.2, 0.25) is 0 Å². The van der Waals surface area contributed by atoms with Gasteiger partial charge in [-0.05, 0) is 12.5 Å². The summed E-state index contributed by atoms with van der Waals surface area (Å²) in [6.07, 6.45) is 1.10. The number of rotatable bonds is 6. The summed E-state index contributed by atoms with van der Waals surface area (Å²) in [7, 11) is 0. The second-order valence-electron chi connectivity index (χ2n) is 3.67. The molecule has 1 rings (SSSR count). The van der Waals surface area contributed by atoms with Crippen LogP contribution in [0.1, 0.15) is 18.9 Å². The summed E-state index contributed by atoms with van der Waals surface area (Å²) in [5.74, 6) is -2.50. The Morgan fingerprint density at radius 3 is 2.35 bits per heavy atom. The fourth-order valence-electron chi connectivity index (χ4n) is 1.04. The zero-order valence-corrected chi connectivity index (χ0v) is 11.1. The first-order valence-corrected chi connectivity index (χ1v) is 5.81. The summed E-state index contributed by atoms with van der Waals surface area (Å²) in [4.78, 5) is 24.6. The SMILES string of the molecule is CC=NOCc1ccccc1.N[C@@H](CC(=O)O)C(=O)O. The average molecular weight is 282 g/mol. The molecular formula is C13H18N2O5. The number of benzene rings is 1. The largest absolute Gasteiger partial charge is 0.481 e. The van der Waals surface area contributed by atoms with E-state index in [0.29, 0.717) is 6.61 Å². The third-order valence-corrected chi connectivity index (χ3v) is 1.97. The Balaban J connectivity index is 0.000000370. The Hall–Kier alpha value is -2.41. The minimum atomic E-state index is -1.29. The number of nitrogens with zero attached hydrogens (tertiary/aromatic N) is 1. The van der Waals surface area contributed by atoms with Crippen molar-refractivity contribution in [3.8, 4) is 0 Å². The predicted octanol–water partition coefficient (Wildman–Crippen LogP) is 1.08. The van der Waals surface area contributed by atoms with E-state index in [4.69, 9.17) is 20.8 Å². The average Bonchev–Trinajstić information content (AvgIpc) is 2.40. The topological polar surface area (TPSA) is 122 Å². The van der Waals surface area contributed by atoms with Crippen LogP contribution in [-0.2, 0) is 21.0 Å². The van der Waals surface area contributed by atoms with E-state index >= 15 is 0 Å². The Bertz CT molecular complexity index is 434. The number of aliphatic carboxylic acids is 2. The molecule has 0 unspecified atom stereocenters. The van der Waals surface area contributed by atoms with E-state index in [-0.39, 0.29) is 0 Å². The van der Waals surface area contributed by atoms with E-state index in [9.17, 15) is 9.59 Å². The zero-order valence-electron chi connectivity index (χ0n) is 11.1. The molecule has 0 spiro atoms. The van der Waals surface area contributed by atoms with Crippen molar-refractivity contribution in [3.63, 3.8) is 0 Å². The van der Waals surface area contributed by atoms with Gasteiger partial charge in [0.15, 0.2) is 0 Å². The van der Waals surface area contributed by atoms with E-state index in [1.807, 2.05) is 37.3 Å². The lowest BCUT2D eigenvalue weighted by Crippen LogP contribution is -2.32. The molecule has 1 aromatic rings. The standard InChI is InChI=1S/C9H11NO.C4H7NO4/c1-2-10-11-8-9-6-4-3-5-7-9;5-2(4(8)9)1-3(6)7/h2-7H,8H2,1H3;2H,1,5H2,(H,6,7)(H,8,9)/t;2-/m.0/s1. The first-order chi connectivity index (χ1) is 9.47. The van der Waals surface area contributed by atoms with Crippen LogP contribution in [-0.4, -0.2) is 34.4 Å². The number of hydrogen-bond donors (Lipinski definition) is 3. The maximum absolute atomic E-state index is 9.85. The maximum Gasteiger partial charge on any atom is 0.321 e. The van der Waals surface area contributed by atoms with Gasteiger partial charge in [-0.25, -0.2) is 0 Å². The summed E-state index contributed by atoms with van der Waals surface area (Å²) >= 11 is 0. The molecule has 7 heteroatoms. The monoisotopic (exact) mass is 282 g/mol. The smallest absolute Gasteiger partial charge is 0.321 e. The minimum Gasteiger partial charge on any atom is -0.481 e. The van der Waals surface area contributed by atoms with Crippen LogP contribution >= 0.6 is 0 Å². The van der Waals surface area contributed by atoms with Crippen molar-refractivity contribution in [1.82, 2.24) is 0 Å². The third-order valence-electron chi connectivity index (χ3n) is 1.97. The summed E-state index contributed by atoms with van der Waals surface area (Å²) in [5, 5.41) is 19.7. The molecule has 0 aliphatic carbocycles. The Morgan fingerprint density at radius 2 is 1.95 bits per heavy atom. The van der Waals surface area contributed by atoms with E-state index in [1.54, 1.807) is 6.21 Å². The molecule has 20 heavy (non-hydrogen) atoms. The molecule has 1 atom stereocenters. The molecule has 0 saturated heterocycles. The van der Waals surface area contributed by atoms with Crippen molar-refractivity contribution < 1.29 is 24.6 Å². The summed E-state index contributed by atoms with van der Waals surface area (Å²) < 4.78 is 0. The van der Waals surface area contributed by atoms with Gasteiger partial charge >= 0.3 is 11.9 Å². The summed E-state index contributed by atoms with van der Waals surface area (Å²) in [5.41, 5.74) is 5.97. The number of oxime groups is 1. The van der Waals surface area contributed by atoms with Crippen LogP contribution in [0, 0.1) is 0 Å². The molecule has 0 aliphatic rings. The molecule has 0 fully saturated rings. The van der Waals surface area contributed by atoms with E-state index in [0.717, 1.165) is 5.56 Å². The Kier molecular flexibility index (Phi) is 9.24. The van der Waals surface area contributed by atoms with E-state index in [1.165, 1.54) is 0 Å². The minimum absolute atomic E-state index is 0.532. The van der Waals surface area contributed by atoms with Crippen molar-refractivity contribution in [1.29, 1.82) is 0 Å². The van der Waals surface area contributed by atoms with Gasteiger partial charge in [0.2, 0.25) is 0 Å². The third kappa shape index (κ3) is 9.60. The molecule has 0 amide bonds. The number of nitrogens with two attached hydrogens (primary N) is 1. The molecule has 0 aromatic heterocycles. The molecule has 110 valence electrons. The number of hydrogen-bond acceptors (Lipinski definition) is 5. The lowest BCUT2D eigenvalue weighted by Gasteiger charge is -1.99. The van der Waals surface area contributed by atoms with Crippen LogP contribution in [0.15, 0.2) is 35.5 Å². The quantitative estimate of drug-likeness (QED) is 0.530. The van der Waals surface area contributed by atoms with Gasteiger partial charge in [-0.2, -0.15) is 0 Å². The lowest BCUT2D eigenvalue weighted by atomic mass is 10.2. The van der Waals surface area contributed by atoms with Gasteiger partial charge < -0.3 is 20.8 Å². The zero-order chi connectivity index (χ0) is 15.4. The molecule has 0 saturated carbocycles. The van der Waals surface area contributed by atoms with Gasteiger partial charge in [0.05, 0.1) is 6.42 Å². The highest BCUT2D eigenvalue weighted by Crippen LogP contribution is 1.99. The molecular weight excluding hydrogens is 264 g/mol. The maximum atomic E-state index is 9.85. The second kappa shape index (κ2) is 10.5. The van der Waals surface area contributed by atoms with Crippen LogP contribution in [0.3, 0.4) is 0 Å². The van der Waals surface area contributed by atoms with Gasteiger partial charge in [-0.15, -0.1) is 0 Å². The second-order valence-corrected chi connectivity index (χ2v) is 3.67. The van der Waals surface area contributed by atoms with E-state index < -0.39 is 24.4 Å². The van der Waals surface area contributed by atoms with Gasteiger partial charge in [0, 0.05) is 6.21 Å². The van der Waals surface area contributed by atoms with Crippen molar-refractivity contribution in [3.05, 3.63) is 35.9 Å². The fraction of sp³-hybridized carbons (Fsp3) is 0.308. The normalized spacial score (nSPS) is 11.3. The Labute approximate surface area is 116 Å². The van der Waals surface area contributed by atoms with Crippen LogP contribution in [0.25, 0.3) is 0 Å². The van der Waals surface area contributed by atoms with Crippen molar-refractivity contribution >= 4 is 18.2 Å². The summed E-state index contributed by atoms with van der Waals surface area (Å²) in [6.45, 7) is 2.37. The molecule has 0 bridgehead atoms. The first-order valence-electron chi connectivity index (χ1n) is 5.81. The fourth-order valence-corrected chi connectivity index (χ4v) is 1.04. The summed E-state index contributed by atoms with van der Waals surface area (Å²) in [6, 6.07) is 8.66. The highest BCUT2D eigenvalue weighted by atomic mass is 16.6. The predicted molar refractivity (Wildman–Crippen MR) is 73.3 cm³/mol. The van der Waals surface area contributed by atoms with E-state index in [2.05, 4.69) is 5.16 Å². The van der Waals surface area contributed by atoms with Gasteiger partial charge in [-0.1, -0.05) is 35.5 Å². The first kappa shape index (κ1) is 17.6. The highest BCUT2D eigenvalue weighted by Gasteiger charge is 2.14. The Morgan fingerprint density at radius 1 is 1.35 bits per heavy atom. The number of carboxylic acids is 2. The van der Waals surface area contributed by atoms with Crippen LogP contribution in [0.4, 0.5) is 0 Å². The van der Waals surface area contributed by atoms with Gasteiger partial charge in [-0.3, -0.25) is 9.59 Å². The molecule has 7 nitrogen and oxygen atoms in total. The number of carbonyl (C=O) groups is 2. The molecule has 0 heterocycles. The molecule has 4 N–H and O–H groups in total. The highest BCUT2D eigenvalue weighted by molar-refractivity contribution is 5.80. The van der Waals surface area contributed by atoms with Crippen LogP contribution in [0.5, 0.6) is 0 Å². The number of carboxylic acid groups (broad SMARTS) is 2. The van der Waals surface area contributed by atoms with Crippen molar-refractivity contribution in [2.45, 2.75) is 26.0 Å². The molecule has 1 aromatic carbocycles. The van der Waals surface area contributed by atoms with Crippen molar-refractivity contribution in [2.75, 3.05) is 0 Å². The van der Waals surface area contributed by atoms with Gasteiger partial charge in [0.25, 0.3) is 0 Å². The molecule has 0 aliphatic heterocycles. The lowest BCUT2D eigenvalue weighted by molar-refractivity contribution is -0.144. The van der Waals surface area contributed by atoms with Crippen LogP contribution < -0.4 is 5.73 Å².